The van der Waals surface area contributed by atoms with Gasteiger partial charge in [0.2, 0.25) is 5.91 Å². The van der Waals surface area contributed by atoms with Gasteiger partial charge in [0.1, 0.15) is 0 Å². The van der Waals surface area contributed by atoms with Gasteiger partial charge >= 0.3 is 0 Å². The monoisotopic (exact) mass is 238 g/mol. The molecule has 0 spiro atoms. The molecule has 17 heavy (non-hydrogen) atoms. The highest BCUT2D eigenvalue weighted by Gasteiger charge is 2.27. The highest BCUT2D eigenvalue weighted by Crippen LogP contribution is 2.23. The molecule has 0 bridgehead atoms. The van der Waals surface area contributed by atoms with Crippen LogP contribution >= 0.6 is 0 Å². The largest absolute Gasteiger partial charge is 0.336 e. The zero-order chi connectivity index (χ0) is 12.8. The SMILES string of the molecule is CC(C)CC1CCCN1C(=O)C=CCN(C)C. The molecule has 1 rings (SSSR count). The van der Waals surface area contributed by atoms with E-state index in [1.54, 1.807) is 6.08 Å². The smallest absolute Gasteiger partial charge is 0.246 e. The predicted octanol–water partition coefficient (Wildman–Crippen LogP) is 2.14. The maximum atomic E-state index is 12.0. The van der Waals surface area contributed by atoms with Crippen LogP contribution in [0.4, 0.5) is 0 Å². The third-order valence-electron chi connectivity index (χ3n) is 3.13. The lowest BCUT2D eigenvalue weighted by molar-refractivity contribution is -0.127. The van der Waals surface area contributed by atoms with Crippen molar-refractivity contribution < 1.29 is 4.79 Å². The number of nitrogens with zero attached hydrogens (tertiary/aromatic N) is 2. The molecule has 1 unspecified atom stereocenters. The molecule has 0 N–H and O–H groups in total. The van der Waals surface area contributed by atoms with E-state index in [4.69, 9.17) is 0 Å². The molecule has 1 fully saturated rings. The van der Waals surface area contributed by atoms with Crippen LogP contribution in [0.1, 0.15) is 33.1 Å². The van der Waals surface area contributed by atoms with Gasteiger partial charge in [-0.2, -0.15) is 0 Å². The summed E-state index contributed by atoms with van der Waals surface area (Å²) in [5.41, 5.74) is 0. The van der Waals surface area contributed by atoms with Crippen molar-refractivity contribution in [3.8, 4) is 0 Å². The summed E-state index contributed by atoms with van der Waals surface area (Å²) in [6, 6.07) is 0.464. The van der Waals surface area contributed by atoms with Crippen LogP contribution in [-0.4, -0.2) is 48.9 Å². The molecule has 1 aliphatic heterocycles. The van der Waals surface area contributed by atoms with Gasteiger partial charge in [-0.3, -0.25) is 4.79 Å². The van der Waals surface area contributed by atoms with Gasteiger partial charge in [0.05, 0.1) is 0 Å². The first-order valence-corrected chi connectivity index (χ1v) is 6.62. The van der Waals surface area contributed by atoms with Gasteiger partial charge in [-0.05, 0) is 39.3 Å². The van der Waals surface area contributed by atoms with Crippen molar-refractivity contribution >= 4 is 5.91 Å². The van der Waals surface area contributed by atoms with E-state index in [1.165, 1.54) is 6.42 Å². The van der Waals surface area contributed by atoms with Gasteiger partial charge < -0.3 is 9.80 Å². The van der Waals surface area contributed by atoms with Crippen molar-refractivity contribution in [2.45, 2.75) is 39.2 Å². The Kier molecular flexibility index (Phi) is 5.69. The highest BCUT2D eigenvalue weighted by atomic mass is 16.2. The molecule has 1 saturated heterocycles. The van der Waals surface area contributed by atoms with Gasteiger partial charge in [0, 0.05) is 25.2 Å². The van der Waals surface area contributed by atoms with Crippen LogP contribution in [0.25, 0.3) is 0 Å². The molecule has 1 amide bonds. The molecule has 3 nitrogen and oxygen atoms in total. The molecule has 98 valence electrons. The molecule has 1 aliphatic rings. The molecule has 1 atom stereocenters. The Labute approximate surface area is 105 Å². The Balaban J connectivity index is 2.47. The number of carbonyl (C=O) groups excluding carboxylic acids is 1. The zero-order valence-corrected chi connectivity index (χ0v) is 11.6. The predicted molar refractivity (Wildman–Crippen MR) is 71.9 cm³/mol. The third kappa shape index (κ3) is 4.90. The zero-order valence-electron chi connectivity index (χ0n) is 11.6. The van der Waals surface area contributed by atoms with Gasteiger partial charge in [0.15, 0.2) is 0 Å². The summed E-state index contributed by atoms with van der Waals surface area (Å²) in [4.78, 5) is 16.1. The number of amides is 1. The first-order chi connectivity index (χ1) is 8.00. The van der Waals surface area contributed by atoms with Crippen LogP contribution in [-0.2, 0) is 4.79 Å². The van der Waals surface area contributed by atoms with E-state index in [9.17, 15) is 4.79 Å². The Morgan fingerprint density at radius 2 is 2.18 bits per heavy atom. The summed E-state index contributed by atoms with van der Waals surface area (Å²) in [6.07, 6.45) is 7.15. The van der Waals surface area contributed by atoms with Crippen LogP contribution in [0.5, 0.6) is 0 Å². The van der Waals surface area contributed by atoms with Crippen molar-refractivity contribution in [1.82, 2.24) is 9.80 Å². The number of rotatable bonds is 5. The first-order valence-electron chi connectivity index (χ1n) is 6.62. The van der Waals surface area contributed by atoms with Gasteiger partial charge in [-0.1, -0.05) is 19.9 Å². The lowest BCUT2D eigenvalue weighted by atomic mass is 10.0. The fourth-order valence-electron chi connectivity index (χ4n) is 2.38. The van der Waals surface area contributed by atoms with Crippen LogP contribution in [0, 0.1) is 5.92 Å². The van der Waals surface area contributed by atoms with E-state index in [0.717, 1.165) is 25.9 Å². The summed E-state index contributed by atoms with van der Waals surface area (Å²) < 4.78 is 0. The van der Waals surface area contributed by atoms with Crippen LogP contribution in [0.15, 0.2) is 12.2 Å². The van der Waals surface area contributed by atoms with Crippen molar-refractivity contribution in [3.05, 3.63) is 12.2 Å². The molecule has 0 aliphatic carbocycles. The molecule has 0 aromatic carbocycles. The van der Waals surface area contributed by atoms with Gasteiger partial charge in [-0.15, -0.1) is 0 Å². The van der Waals surface area contributed by atoms with Crippen molar-refractivity contribution in [1.29, 1.82) is 0 Å². The molecule has 1 heterocycles. The van der Waals surface area contributed by atoms with Crippen LogP contribution in [0.3, 0.4) is 0 Å². The number of likely N-dealkylation sites (tertiary alicyclic amines) is 1. The second-order valence-electron chi connectivity index (χ2n) is 5.62. The maximum Gasteiger partial charge on any atom is 0.246 e. The molecule has 0 radical (unpaired) electrons. The Bertz CT molecular complexity index is 271. The second-order valence-corrected chi connectivity index (χ2v) is 5.62. The van der Waals surface area contributed by atoms with Gasteiger partial charge in [-0.25, -0.2) is 0 Å². The number of hydrogen-bond donors (Lipinski definition) is 0. The molecular weight excluding hydrogens is 212 g/mol. The third-order valence-corrected chi connectivity index (χ3v) is 3.13. The molecule has 0 aromatic heterocycles. The maximum absolute atomic E-state index is 12.0. The van der Waals surface area contributed by atoms with E-state index in [1.807, 2.05) is 25.1 Å². The number of hydrogen-bond acceptors (Lipinski definition) is 2. The Morgan fingerprint density at radius 1 is 1.47 bits per heavy atom. The summed E-state index contributed by atoms with van der Waals surface area (Å²) in [6.45, 7) is 6.21. The second kappa shape index (κ2) is 6.80. The quantitative estimate of drug-likeness (QED) is 0.685. The average molecular weight is 238 g/mol. The van der Waals surface area contributed by atoms with Crippen LogP contribution < -0.4 is 0 Å². The van der Waals surface area contributed by atoms with E-state index in [-0.39, 0.29) is 5.91 Å². The molecular formula is C14H26N2O. The number of likely N-dealkylation sites (N-methyl/N-ethyl adjacent to an activating group) is 1. The van der Waals surface area contributed by atoms with Crippen LogP contribution in [0.2, 0.25) is 0 Å². The van der Waals surface area contributed by atoms with Crippen molar-refractivity contribution in [2.75, 3.05) is 27.2 Å². The van der Waals surface area contributed by atoms with Gasteiger partial charge in [0.25, 0.3) is 0 Å². The first kappa shape index (κ1) is 14.2. The minimum atomic E-state index is 0.190. The summed E-state index contributed by atoms with van der Waals surface area (Å²) in [5, 5.41) is 0. The summed E-state index contributed by atoms with van der Waals surface area (Å²) in [5.74, 6) is 0.856. The summed E-state index contributed by atoms with van der Waals surface area (Å²) >= 11 is 0. The molecule has 3 heteroatoms. The minimum Gasteiger partial charge on any atom is -0.336 e. The van der Waals surface area contributed by atoms with E-state index >= 15 is 0 Å². The molecule has 0 saturated carbocycles. The Morgan fingerprint density at radius 3 is 2.76 bits per heavy atom. The number of carbonyl (C=O) groups is 1. The average Bonchev–Trinajstić information content (AvgIpc) is 2.64. The lowest BCUT2D eigenvalue weighted by Crippen LogP contribution is -2.35. The fourth-order valence-corrected chi connectivity index (χ4v) is 2.38. The summed E-state index contributed by atoms with van der Waals surface area (Å²) in [7, 11) is 4.01. The minimum absolute atomic E-state index is 0.190. The van der Waals surface area contributed by atoms with E-state index < -0.39 is 0 Å². The van der Waals surface area contributed by atoms with E-state index in [0.29, 0.717) is 12.0 Å². The topological polar surface area (TPSA) is 23.6 Å². The standard InChI is InChI=1S/C14H26N2O/c1-12(2)11-13-7-5-10-16(13)14(17)8-6-9-15(3)4/h6,8,12-13H,5,7,9-11H2,1-4H3. The van der Waals surface area contributed by atoms with E-state index in [2.05, 4.69) is 18.7 Å². The normalized spacial score (nSPS) is 21.1. The Hall–Kier alpha value is -0.830. The van der Waals surface area contributed by atoms with Crippen molar-refractivity contribution in [3.63, 3.8) is 0 Å². The molecule has 0 aromatic rings. The fraction of sp³-hybridized carbons (Fsp3) is 0.786. The lowest BCUT2D eigenvalue weighted by Gasteiger charge is -2.25. The highest BCUT2D eigenvalue weighted by molar-refractivity contribution is 5.88. The van der Waals surface area contributed by atoms with Crippen molar-refractivity contribution in [2.24, 2.45) is 5.92 Å².